The van der Waals surface area contributed by atoms with Gasteiger partial charge in [0.2, 0.25) is 5.91 Å². The first kappa shape index (κ1) is 14.5. The first-order valence-electron chi connectivity index (χ1n) is 5.47. The molecule has 3 N–H and O–H groups in total. The quantitative estimate of drug-likeness (QED) is 0.893. The number of rotatable bonds is 4. The van der Waals surface area contributed by atoms with Gasteiger partial charge in [0.25, 0.3) is 0 Å². The number of hydrogen-bond donors (Lipinski definition) is 2. The normalized spacial score (nSPS) is 14.2. The molecular formula is C12H16BrClN2O. The highest BCUT2D eigenvalue weighted by atomic mass is 79.9. The van der Waals surface area contributed by atoms with Gasteiger partial charge in [-0.05, 0) is 34.0 Å². The summed E-state index contributed by atoms with van der Waals surface area (Å²) in [6.07, 6.45) is 0.866. The fourth-order valence-corrected chi connectivity index (χ4v) is 1.87. The van der Waals surface area contributed by atoms with E-state index in [-0.39, 0.29) is 11.8 Å². The molecule has 0 spiro atoms. The molecule has 0 saturated heterocycles. The van der Waals surface area contributed by atoms with Crippen LogP contribution in [0.1, 0.15) is 20.3 Å². The van der Waals surface area contributed by atoms with Crippen LogP contribution < -0.4 is 11.1 Å². The van der Waals surface area contributed by atoms with E-state index in [1.807, 2.05) is 13.8 Å². The topological polar surface area (TPSA) is 55.1 Å². The standard InChI is InChI=1S/C12H16BrClN2O/c1-3-7(2)11(15)12(17)16-9-6-4-5-8(14)10(9)13/h4-7,11H,3,15H2,1-2H3,(H,16,17). The second-order valence-corrected chi connectivity index (χ2v) is 5.20. The molecule has 17 heavy (non-hydrogen) atoms. The third-order valence-electron chi connectivity index (χ3n) is 2.77. The van der Waals surface area contributed by atoms with Crippen molar-refractivity contribution >= 4 is 39.1 Å². The van der Waals surface area contributed by atoms with Crippen LogP contribution >= 0.6 is 27.5 Å². The van der Waals surface area contributed by atoms with Crippen LogP contribution in [-0.2, 0) is 4.79 Å². The van der Waals surface area contributed by atoms with Gasteiger partial charge in [0.05, 0.1) is 21.2 Å². The van der Waals surface area contributed by atoms with Crippen LogP contribution in [0.2, 0.25) is 5.02 Å². The van der Waals surface area contributed by atoms with Gasteiger partial charge in [0.1, 0.15) is 0 Å². The molecule has 0 aliphatic carbocycles. The number of halogens is 2. The maximum atomic E-state index is 11.9. The van der Waals surface area contributed by atoms with Gasteiger partial charge in [-0.2, -0.15) is 0 Å². The van der Waals surface area contributed by atoms with Gasteiger partial charge in [-0.3, -0.25) is 4.79 Å². The number of benzene rings is 1. The van der Waals surface area contributed by atoms with Crippen molar-refractivity contribution in [3.05, 3.63) is 27.7 Å². The molecule has 1 rings (SSSR count). The Hall–Kier alpha value is -0.580. The van der Waals surface area contributed by atoms with E-state index in [0.29, 0.717) is 15.2 Å². The molecular weight excluding hydrogens is 304 g/mol. The van der Waals surface area contributed by atoms with Crippen LogP contribution in [0.3, 0.4) is 0 Å². The highest BCUT2D eigenvalue weighted by Gasteiger charge is 2.20. The molecule has 0 fully saturated rings. The summed E-state index contributed by atoms with van der Waals surface area (Å²) in [6.45, 7) is 3.96. The molecule has 1 aromatic carbocycles. The number of anilines is 1. The summed E-state index contributed by atoms with van der Waals surface area (Å²) < 4.78 is 0.673. The maximum Gasteiger partial charge on any atom is 0.241 e. The Morgan fingerprint density at radius 3 is 2.82 bits per heavy atom. The lowest BCUT2D eigenvalue weighted by Gasteiger charge is -2.18. The van der Waals surface area contributed by atoms with Crippen LogP contribution in [0, 0.1) is 5.92 Å². The molecule has 5 heteroatoms. The van der Waals surface area contributed by atoms with E-state index < -0.39 is 6.04 Å². The monoisotopic (exact) mass is 318 g/mol. The predicted octanol–water partition coefficient (Wildman–Crippen LogP) is 3.41. The molecule has 94 valence electrons. The number of carbonyl (C=O) groups excluding carboxylic acids is 1. The SMILES string of the molecule is CCC(C)C(N)C(=O)Nc1cccc(Cl)c1Br. The lowest BCUT2D eigenvalue weighted by Crippen LogP contribution is -2.40. The average molecular weight is 320 g/mol. The summed E-state index contributed by atoms with van der Waals surface area (Å²) >= 11 is 9.26. The van der Waals surface area contributed by atoms with E-state index in [4.69, 9.17) is 17.3 Å². The Labute approximate surface area is 115 Å². The minimum atomic E-state index is -0.508. The van der Waals surface area contributed by atoms with E-state index >= 15 is 0 Å². The molecule has 1 amide bonds. The third-order valence-corrected chi connectivity index (χ3v) is 4.17. The van der Waals surface area contributed by atoms with Crippen molar-refractivity contribution in [3.8, 4) is 0 Å². The van der Waals surface area contributed by atoms with Crippen molar-refractivity contribution in [1.29, 1.82) is 0 Å². The van der Waals surface area contributed by atoms with E-state index in [1.54, 1.807) is 18.2 Å². The average Bonchev–Trinajstić information content (AvgIpc) is 2.32. The fraction of sp³-hybridized carbons (Fsp3) is 0.417. The van der Waals surface area contributed by atoms with Gasteiger partial charge in [0, 0.05) is 0 Å². The largest absolute Gasteiger partial charge is 0.324 e. The lowest BCUT2D eigenvalue weighted by molar-refractivity contribution is -0.118. The molecule has 0 aliphatic heterocycles. The Morgan fingerprint density at radius 2 is 2.24 bits per heavy atom. The van der Waals surface area contributed by atoms with E-state index in [0.717, 1.165) is 6.42 Å². The third kappa shape index (κ3) is 3.69. The molecule has 0 heterocycles. The Bertz CT molecular complexity index is 411. The van der Waals surface area contributed by atoms with Crippen molar-refractivity contribution in [2.45, 2.75) is 26.3 Å². The predicted molar refractivity (Wildman–Crippen MR) is 75.2 cm³/mol. The Morgan fingerprint density at radius 1 is 1.59 bits per heavy atom. The van der Waals surface area contributed by atoms with Gasteiger partial charge in [-0.1, -0.05) is 37.9 Å². The van der Waals surface area contributed by atoms with Gasteiger partial charge < -0.3 is 11.1 Å². The molecule has 2 atom stereocenters. The summed E-state index contributed by atoms with van der Waals surface area (Å²) in [4.78, 5) is 11.9. The molecule has 0 aromatic heterocycles. The van der Waals surface area contributed by atoms with Crippen molar-refractivity contribution in [2.75, 3.05) is 5.32 Å². The molecule has 0 radical (unpaired) electrons. The highest BCUT2D eigenvalue weighted by Crippen LogP contribution is 2.30. The smallest absolute Gasteiger partial charge is 0.241 e. The number of amides is 1. The van der Waals surface area contributed by atoms with Gasteiger partial charge in [-0.15, -0.1) is 0 Å². The highest BCUT2D eigenvalue weighted by molar-refractivity contribution is 9.10. The second-order valence-electron chi connectivity index (χ2n) is 4.00. The Balaban J connectivity index is 2.78. The zero-order valence-corrected chi connectivity index (χ0v) is 12.2. The number of carbonyl (C=O) groups is 1. The zero-order chi connectivity index (χ0) is 13.0. The van der Waals surface area contributed by atoms with Crippen LogP contribution in [0.4, 0.5) is 5.69 Å². The molecule has 2 unspecified atom stereocenters. The fourth-order valence-electron chi connectivity index (χ4n) is 1.33. The first-order chi connectivity index (χ1) is 7.97. The molecule has 1 aromatic rings. The number of nitrogens with two attached hydrogens (primary N) is 1. The summed E-state index contributed by atoms with van der Waals surface area (Å²) in [5.41, 5.74) is 6.49. The van der Waals surface area contributed by atoms with Crippen LogP contribution in [0.15, 0.2) is 22.7 Å². The van der Waals surface area contributed by atoms with Gasteiger partial charge in [-0.25, -0.2) is 0 Å². The summed E-state index contributed by atoms with van der Waals surface area (Å²) in [5.74, 6) is -0.0460. The van der Waals surface area contributed by atoms with E-state index in [1.165, 1.54) is 0 Å². The van der Waals surface area contributed by atoms with E-state index in [2.05, 4.69) is 21.2 Å². The van der Waals surface area contributed by atoms with Crippen LogP contribution in [0.25, 0.3) is 0 Å². The molecule has 0 bridgehead atoms. The molecule has 0 aliphatic rings. The van der Waals surface area contributed by atoms with Gasteiger partial charge >= 0.3 is 0 Å². The van der Waals surface area contributed by atoms with Crippen molar-refractivity contribution in [3.63, 3.8) is 0 Å². The van der Waals surface area contributed by atoms with Crippen molar-refractivity contribution < 1.29 is 4.79 Å². The summed E-state index contributed by atoms with van der Waals surface area (Å²) in [5, 5.41) is 3.33. The summed E-state index contributed by atoms with van der Waals surface area (Å²) in [7, 11) is 0. The molecule has 0 saturated carbocycles. The maximum absolute atomic E-state index is 11.9. The van der Waals surface area contributed by atoms with Crippen molar-refractivity contribution in [1.82, 2.24) is 0 Å². The number of hydrogen-bond acceptors (Lipinski definition) is 2. The molecule has 3 nitrogen and oxygen atoms in total. The minimum Gasteiger partial charge on any atom is -0.324 e. The Kier molecular flexibility index (Phi) is 5.43. The number of nitrogens with one attached hydrogen (secondary N) is 1. The van der Waals surface area contributed by atoms with Crippen LogP contribution in [-0.4, -0.2) is 11.9 Å². The van der Waals surface area contributed by atoms with Gasteiger partial charge in [0.15, 0.2) is 0 Å². The minimum absolute atomic E-state index is 0.146. The van der Waals surface area contributed by atoms with E-state index in [9.17, 15) is 4.79 Å². The van der Waals surface area contributed by atoms with Crippen LogP contribution in [0.5, 0.6) is 0 Å². The zero-order valence-electron chi connectivity index (χ0n) is 9.84. The second kappa shape index (κ2) is 6.38. The van der Waals surface area contributed by atoms with Crippen molar-refractivity contribution in [2.24, 2.45) is 11.7 Å². The lowest BCUT2D eigenvalue weighted by atomic mass is 9.99. The first-order valence-corrected chi connectivity index (χ1v) is 6.65. The summed E-state index contributed by atoms with van der Waals surface area (Å²) in [6, 6.07) is 4.79.